The predicted octanol–water partition coefficient (Wildman–Crippen LogP) is 2.81. The Kier molecular flexibility index (Phi) is 3.64. The van der Waals surface area contributed by atoms with Gasteiger partial charge in [-0.15, -0.1) is 11.3 Å². The maximum Gasteiger partial charge on any atom is 0.263 e. The maximum absolute atomic E-state index is 12.0. The van der Waals surface area contributed by atoms with E-state index < -0.39 is 0 Å². The zero-order chi connectivity index (χ0) is 11.7. The molecule has 1 aliphatic carbocycles. The molecule has 1 fully saturated rings. The highest BCUT2D eigenvalue weighted by Crippen LogP contribution is 2.26. The molecule has 88 valence electrons. The molecule has 0 spiro atoms. The number of rotatable bonds is 2. The lowest BCUT2D eigenvalue weighted by Gasteiger charge is -2.15. The van der Waals surface area contributed by atoms with E-state index in [1.165, 1.54) is 17.8 Å². The molecule has 0 aromatic carbocycles. The summed E-state index contributed by atoms with van der Waals surface area (Å²) in [7, 11) is 0. The zero-order valence-electron chi connectivity index (χ0n) is 9.42. The van der Waals surface area contributed by atoms with E-state index in [-0.39, 0.29) is 11.9 Å². The van der Waals surface area contributed by atoms with Gasteiger partial charge >= 0.3 is 0 Å². The fourth-order valence-electron chi connectivity index (χ4n) is 2.05. The number of alkyl halides is 1. The number of thiazole rings is 1. The van der Waals surface area contributed by atoms with E-state index in [4.69, 9.17) is 0 Å². The van der Waals surface area contributed by atoms with E-state index in [2.05, 4.69) is 26.2 Å². The summed E-state index contributed by atoms with van der Waals surface area (Å²) in [4.78, 5) is 17.5. The Morgan fingerprint density at radius 1 is 1.50 bits per heavy atom. The van der Waals surface area contributed by atoms with Crippen LogP contribution in [0, 0.1) is 13.8 Å². The molecule has 16 heavy (non-hydrogen) atoms. The summed E-state index contributed by atoms with van der Waals surface area (Å²) in [6, 6.07) is 0.273. The number of aromatic nitrogens is 1. The summed E-state index contributed by atoms with van der Waals surface area (Å²) in [5.41, 5.74) is 0.837. The van der Waals surface area contributed by atoms with Crippen molar-refractivity contribution in [3.05, 3.63) is 15.6 Å². The third kappa shape index (κ3) is 2.46. The van der Waals surface area contributed by atoms with Crippen LogP contribution in [0.5, 0.6) is 0 Å². The van der Waals surface area contributed by atoms with E-state index in [0.717, 1.165) is 28.4 Å². The molecule has 2 unspecified atom stereocenters. The molecule has 0 radical (unpaired) electrons. The van der Waals surface area contributed by atoms with Crippen molar-refractivity contribution in [2.75, 3.05) is 0 Å². The monoisotopic (exact) mass is 302 g/mol. The third-order valence-electron chi connectivity index (χ3n) is 2.86. The molecular weight excluding hydrogens is 288 g/mol. The quantitative estimate of drug-likeness (QED) is 0.854. The van der Waals surface area contributed by atoms with Crippen LogP contribution >= 0.6 is 27.3 Å². The number of hydrogen-bond acceptors (Lipinski definition) is 3. The Balaban J connectivity index is 2.05. The lowest BCUT2D eigenvalue weighted by Crippen LogP contribution is -2.37. The van der Waals surface area contributed by atoms with Gasteiger partial charge in [0.1, 0.15) is 4.88 Å². The zero-order valence-corrected chi connectivity index (χ0v) is 11.8. The Labute approximate surface area is 108 Å². The lowest BCUT2D eigenvalue weighted by atomic mass is 10.2. The van der Waals surface area contributed by atoms with E-state index in [9.17, 15) is 4.79 Å². The van der Waals surface area contributed by atoms with E-state index >= 15 is 0 Å². The van der Waals surface area contributed by atoms with Crippen molar-refractivity contribution in [2.45, 2.75) is 44.0 Å². The Hall–Kier alpha value is -0.420. The van der Waals surface area contributed by atoms with Crippen molar-refractivity contribution in [3.63, 3.8) is 0 Å². The summed E-state index contributed by atoms with van der Waals surface area (Å²) >= 11 is 5.07. The molecule has 0 saturated heterocycles. The van der Waals surface area contributed by atoms with E-state index in [0.29, 0.717) is 4.83 Å². The number of nitrogens with zero attached hydrogens (tertiary/aromatic N) is 1. The number of hydrogen-bond donors (Lipinski definition) is 1. The highest BCUT2D eigenvalue weighted by molar-refractivity contribution is 9.09. The normalized spacial score (nSPS) is 24.7. The van der Waals surface area contributed by atoms with Crippen LogP contribution < -0.4 is 5.32 Å². The van der Waals surface area contributed by atoms with E-state index in [1.807, 2.05) is 13.8 Å². The van der Waals surface area contributed by atoms with Gasteiger partial charge in [-0.3, -0.25) is 4.79 Å². The van der Waals surface area contributed by atoms with Crippen molar-refractivity contribution >= 4 is 33.2 Å². The average molecular weight is 303 g/mol. The summed E-state index contributed by atoms with van der Waals surface area (Å²) in [6.07, 6.45) is 3.39. The van der Waals surface area contributed by atoms with Crippen LogP contribution in [0.4, 0.5) is 0 Å². The first-order valence-electron chi connectivity index (χ1n) is 5.47. The minimum absolute atomic E-state index is 0.0273. The molecule has 2 rings (SSSR count). The Morgan fingerprint density at radius 2 is 2.25 bits per heavy atom. The van der Waals surface area contributed by atoms with Gasteiger partial charge in [0.15, 0.2) is 0 Å². The molecule has 1 aromatic rings. The first-order valence-corrected chi connectivity index (χ1v) is 7.20. The fourth-order valence-corrected chi connectivity index (χ4v) is 3.60. The first-order chi connectivity index (χ1) is 7.58. The average Bonchev–Trinajstić information content (AvgIpc) is 2.74. The summed E-state index contributed by atoms with van der Waals surface area (Å²) in [6.45, 7) is 3.82. The van der Waals surface area contributed by atoms with Crippen LogP contribution in [0.15, 0.2) is 0 Å². The topological polar surface area (TPSA) is 42.0 Å². The van der Waals surface area contributed by atoms with Gasteiger partial charge in [-0.1, -0.05) is 22.4 Å². The second-order valence-corrected chi connectivity index (χ2v) is 6.55. The molecule has 0 bridgehead atoms. The third-order valence-corrected chi connectivity index (χ3v) is 5.03. The lowest BCUT2D eigenvalue weighted by molar-refractivity contribution is 0.0942. The Morgan fingerprint density at radius 3 is 2.75 bits per heavy atom. The number of carbonyl (C=O) groups is 1. The van der Waals surface area contributed by atoms with Crippen molar-refractivity contribution in [2.24, 2.45) is 0 Å². The van der Waals surface area contributed by atoms with Gasteiger partial charge in [-0.2, -0.15) is 0 Å². The fraction of sp³-hybridized carbons (Fsp3) is 0.636. The highest BCUT2D eigenvalue weighted by Gasteiger charge is 2.27. The van der Waals surface area contributed by atoms with Crippen LogP contribution in [0.3, 0.4) is 0 Å². The standard InChI is InChI=1S/C11H15BrN2OS/c1-6-10(16-7(2)13-6)11(15)14-9-5-3-4-8(9)12/h8-9H,3-5H2,1-2H3,(H,14,15). The molecule has 1 amide bonds. The molecule has 2 atom stereocenters. The largest absolute Gasteiger partial charge is 0.347 e. The van der Waals surface area contributed by atoms with Crippen LogP contribution in [-0.2, 0) is 0 Å². The summed E-state index contributed by atoms with van der Waals surface area (Å²) in [5.74, 6) is 0.0273. The molecule has 3 nitrogen and oxygen atoms in total. The second-order valence-electron chi connectivity index (χ2n) is 4.17. The SMILES string of the molecule is Cc1nc(C)c(C(=O)NC2CCCC2Br)s1. The van der Waals surface area contributed by atoms with Crippen molar-refractivity contribution < 1.29 is 4.79 Å². The minimum Gasteiger partial charge on any atom is -0.347 e. The predicted molar refractivity (Wildman–Crippen MR) is 69.4 cm³/mol. The summed E-state index contributed by atoms with van der Waals surface area (Å²) < 4.78 is 0. The van der Waals surface area contributed by atoms with Gasteiger partial charge in [0.2, 0.25) is 0 Å². The van der Waals surface area contributed by atoms with Crippen LogP contribution in [0.1, 0.15) is 39.6 Å². The summed E-state index contributed by atoms with van der Waals surface area (Å²) in [5, 5.41) is 4.03. The molecule has 1 aliphatic rings. The van der Waals surface area contributed by atoms with Crippen LogP contribution in [0.2, 0.25) is 0 Å². The molecule has 1 aromatic heterocycles. The van der Waals surface area contributed by atoms with Crippen LogP contribution in [0.25, 0.3) is 0 Å². The maximum atomic E-state index is 12.0. The minimum atomic E-state index is 0.0273. The number of halogens is 1. The molecule has 1 saturated carbocycles. The molecule has 1 N–H and O–H groups in total. The van der Waals surface area contributed by atoms with Crippen molar-refractivity contribution in [1.82, 2.24) is 10.3 Å². The number of nitrogens with one attached hydrogen (secondary N) is 1. The molecule has 0 aliphatic heterocycles. The molecule has 1 heterocycles. The van der Waals surface area contributed by atoms with E-state index in [1.54, 1.807) is 0 Å². The number of amides is 1. The molecule has 5 heteroatoms. The van der Waals surface area contributed by atoms with Gasteiger partial charge in [0.25, 0.3) is 5.91 Å². The van der Waals surface area contributed by atoms with Gasteiger partial charge in [-0.25, -0.2) is 4.98 Å². The van der Waals surface area contributed by atoms with Crippen molar-refractivity contribution in [3.8, 4) is 0 Å². The first kappa shape index (κ1) is 12.0. The van der Waals surface area contributed by atoms with Gasteiger partial charge in [0.05, 0.1) is 10.7 Å². The van der Waals surface area contributed by atoms with Crippen molar-refractivity contribution in [1.29, 1.82) is 0 Å². The Bertz CT molecular complexity index is 405. The van der Waals surface area contributed by atoms with Gasteiger partial charge in [-0.05, 0) is 26.7 Å². The smallest absolute Gasteiger partial charge is 0.263 e. The molecular formula is C11H15BrN2OS. The number of aryl methyl sites for hydroxylation is 2. The highest BCUT2D eigenvalue weighted by atomic mass is 79.9. The number of carbonyl (C=O) groups excluding carboxylic acids is 1. The van der Waals surface area contributed by atoms with Crippen LogP contribution in [-0.4, -0.2) is 21.8 Å². The van der Waals surface area contributed by atoms with Gasteiger partial charge in [0, 0.05) is 10.9 Å². The van der Waals surface area contributed by atoms with Gasteiger partial charge < -0.3 is 5.32 Å². The second kappa shape index (κ2) is 4.84.